The third-order valence-electron chi connectivity index (χ3n) is 5.06. The highest BCUT2D eigenvalue weighted by Gasteiger charge is 2.33. The van der Waals surface area contributed by atoms with E-state index < -0.39 is 10.0 Å². The van der Waals surface area contributed by atoms with Crippen LogP contribution in [0, 0.1) is 11.7 Å². The molecule has 1 amide bonds. The standard InChI is InChI=1S/C20H21Cl2FN2O3S/c1-13(14-2-5-17(23)6-3-14)24-20(26)15-8-10-25(11-9-15)29(27,28)19-12-16(21)4-7-18(19)22/h2-7,12-13,15H,8-11H2,1H3,(H,24,26)/t13-/m1/s1. The molecule has 29 heavy (non-hydrogen) atoms. The molecule has 1 saturated heterocycles. The number of halogens is 3. The smallest absolute Gasteiger partial charge is 0.244 e. The minimum Gasteiger partial charge on any atom is -0.349 e. The van der Waals surface area contributed by atoms with Gasteiger partial charge in [-0.1, -0.05) is 35.3 Å². The van der Waals surface area contributed by atoms with Gasteiger partial charge in [-0.3, -0.25) is 4.79 Å². The van der Waals surface area contributed by atoms with Gasteiger partial charge in [0.15, 0.2) is 0 Å². The fourth-order valence-corrected chi connectivity index (χ4v) is 5.55. The topological polar surface area (TPSA) is 66.5 Å². The van der Waals surface area contributed by atoms with Crippen LogP contribution in [0.15, 0.2) is 47.4 Å². The lowest BCUT2D eigenvalue weighted by Crippen LogP contribution is -2.43. The summed E-state index contributed by atoms with van der Waals surface area (Å²) in [5, 5.41) is 3.32. The van der Waals surface area contributed by atoms with Crippen LogP contribution in [-0.4, -0.2) is 31.7 Å². The number of carbonyl (C=O) groups is 1. The molecule has 0 radical (unpaired) electrons. The predicted molar refractivity (Wildman–Crippen MR) is 111 cm³/mol. The highest BCUT2D eigenvalue weighted by atomic mass is 35.5. The maximum Gasteiger partial charge on any atom is 0.244 e. The lowest BCUT2D eigenvalue weighted by molar-refractivity contribution is -0.126. The van der Waals surface area contributed by atoms with Gasteiger partial charge in [-0.15, -0.1) is 0 Å². The van der Waals surface area contributed by atoms with Gasteiger partial charge in [-0.2, -0.15) is 4.31 Å². The number of benzene rings is 2. The van der Waals surface area contributed by atoms with Crippen molar-refractivity contribution in [2.24, 2.45) is 5.92 Å². The zero-order chi connectivity index (χ0) is 21.2. The van der Waals surface area contributed by atoms with Crippen molar-refractivity contribution in [3.8, 4) is 0 Å². The van der Waals surface area contributed by atoms with E-state index in [1.54, 1.807) is 12.1 Å². The van der Waals surface area contributed by atoms with E-state index in [1.807, 2.05) is 6.92 Å². The quantitative estimate of drug-likeness (QED) is 0.721. The molecule has 0 unspecified atom stereocenters. The van der Waals surface area contributed by atoms with Crippen molar-refractivity contribution in [1.29, 1.82) is 0 Å². The van der Waals surface area contributed by atoms with Gasteiger partial charge in [0.1, 0.15) is 10.7 Å². The molecule has 0 aromatic heterocycles. The van der Waals surface area contributed by atoms with Gasteiger partial charge in [-0.25, -0.2) is 12.8 Å². The molecule has 5 nitrogen and oxygen atoms in total. The van der Waals surface area contributed by atoms with Crippen LogP contribution in [0.25, 0.3) is 0 Å². The number of hydrogen-bond donors (Lipinski definition) is 1. The van der Waals surface area contributed by atoms with Gasteiger partial charge in [0.25, 0.3) is 0 Å². The summed E-state index contributed by atoms with van der Waals surface area (Å²) in [5.41, 5.74) is 0.801. The molecule has 0 bridgehead atoms. The van der Waals surface area contributed by atoms with Crippen LogP contribution in [0.3, 0.4) is 0 Å². The van der Waals surface area contributed by atoms with Crippen LogP contribution in [0.4, 0.5) is 4.39 Å². The van der Waals surface area contributed by atoms with Crippen molar-refractivity contribution in [1.82, 2.24) is 9.62 Å². The van der Waals surface area contributed by atoms with E-state index >= 15 is 0 Å². The summed E-state index contributed by atoms with van der Waals surface area (Å²) in [6.07, 6.45) is 0.804. The molecule has 1 aliphatic heterocycles. The normalized spacial score (nSPS) is 17.1. The average molecular weight is 459 g/mol. The molecule has 156 valence electrons. The number of nitrogens with one attached hydrogen (secondary N) is 1. The third kappa shape index (κ3) is 5.09. The number of rotatable bonds is 5. The second-order valence-electron chi connectivity index (χ2n) is 7.03. The SMILES string of the molecule is C[C@@H](NC(=O)C1CCN(S(=O)(=O)c2cc(Cl)ccc2Cl)CC1)c1ccc(F)cc1. The molecule has 1 heterocycles. The van der Waals surface area contributed by atoms with Crippen LogP contribution in [-0.2, 0) is 14.8 Å². The Morgan fingerprint density at radius 2 is 1.76 bits per heavy atom. The number of sulfonamides is 1. The second-order valence-corrected chi connectivity index (χ2v) is 9.78. The number of piperidine rings is 1. The lowest BCUT2D eigenvalue weighted by Gasteiger charge is -2.31. The van der Waals surface area contributed by atoms with E-state index in [-0.39, 0.29) is 51.7 Å². The molecular weight excluding hydrogens is 438 g/mol. The zero-order valence-electron chi connectivity index (χ0n) is 15.7. The van der Waals surface area contributed by atoms with E-state index in [2.05, 4.69) is 5.32 Å². The number of amides is 1. The predicted octanol–water partition coefficient (Wildman–Crippen LogP) is 4.41. The van der Waals surface area contributed by atoms with E-state index in [9.17, 15) is 17.6 Å². The highest BCUT2D eigenvalue weighted by Crippen LogP contribution is 2.30. The van der Waals surface area contributed by atoms with Gasteiger partial charge < -0.3 is 5.32 Å². The molecule has 0 saturated carbocycles. The van der Waals surface area contributed by atoms with Crippen molar-refractivity contribution >= 4 is 39.1 Å². The maximum absolute atomic E-state index is 13.0. The van der Waals surface area contributed by atoms with E-state index in [0.29, 0.717) is 12.8 Å². The molecule has 1 atom stereocenters. The molecule has 1 N–H and O–H groups in total. The fraction of sp³-hybridized carbons (Fsp3) is 0.350. The first kappa shape index (κ1) is 22.0. The average Bonchev–Trinajstić information content (AvgIpc) is 2.70. The molecule has 1 aliphatic rings. The molecule has 3 rings (SSSR count). The van der Waals surface area contributed by atoms with Gasteiger partial charge in [-0.05, 0) is 55.7 Å². The van der Waals surface area contributed by atoms with Crippen LogP contribution >= 0.6 is 23.2 Å². The molecule has 2 aromatic rings. The Labute approximate surface area is 179 Å². The minimum atomic E-state index is -3.78. The van der Waals surface area contributed by atoms with Crippen LogP contribution in [0.1, 0.15) is 31.4 Å². The first-order chi connectivity index (χ1) is 13.7. The first-order valence-electron chi connectivity index (χ1n) is 9.19. The minimum absolute atomic E-state index is 0.0282. The maximum atomic E-state index is 13.0. The van der Waals surface area contributed by atoms with Crippen molar-refractivity contribution in [3.05, 3.63) is 63.9 Å². The Hall–Kier alpha value is -1.67. The van der Waals surface area contributed by atoms with Gasteiger partial charge in [0.05, 0.1) is 11.1 Å². The van der Waals surface area contributed by atoms with Crippen molar-refractivity contribution in [2.75, 3.05) is 13.1 Å². The Balaban J connectivity index is 1.61. The van der Waals surface area contributed by atoms with Crippen LogP contribution in [0.2, 0.25) is 10.0 Å². The summed E-state index contributed by atoms with van der Waals surface area (Å²) >= 11 is 12.0. The van der Waals surface area contributed by atoms with Crippen molar-refractivity contribution < 1.29 is 17.6 Å². The lowest BCUT2D eigenvalue weighted by atomic mass is 9.96. The molecule has 0 aliphatic carbocycles. The summed E-state index contributed by atoms with van der Waals surface area (Å²) in [4.78, 5) is 12.6. The summed E-state index contributed by atoms with van der Waals surface area (Å²) in [5.74, 6) is -0.764. The molecule has 0 spiro atoms. The monoisotopic (exact) mass is 458 g/mol. The molecular formula is C20H21Cl2FN2O3S. The molecule has 9 heteroatoms. The van der Waals surface area contributed by atoms with E-state index in [0.717, 1.165) is 5.56 Å². The Morgan fingerprint density at radius 3 is 2.38 bits per heavy atom. The summed E-state index contributed by atoms with van der Waals surface area (Å²) in [7, 11) is -3.78. The Morgan fingerprint density at radius 1 is 1.14 bits per heavy atom. The van der Waals surface area contributed by atoms with Crippen molar-refractivity contribution in [2.45, 2.75) is 30.7 Å². The van der Waals surface area contributed by atoms with Crippen LogP contribution in [0.5, 0.6) is 0 Å². The highest BCUT2D eigenvalue weighted by molar-refractivity contribution is 7.89. The van der Waals surface area contributed by atoms with Gasteiger partial charge >= 0.3 is 0 Å². The third-order valence-corrected chi connectivity index (χ3v) is 7.68. The first-order valence-corrected chi connectivity index (χ1v) is 11.4. The van der Waals surface area contributed by atoms with Crippen LogP contribution < -0.4 is 5.32 Å². The summed E-state index contributed by atoms with van der Waals surface area (Å²) in [6, 6.07) is 10.0. The summed E-state index contributed by atoms with van der Waals surface area (Å²) < 4.78 is 40.1. The van der Waals surface area contributed by atoms with E-state index in [1.165, 1.54) is 34.6 Å². The molecule has 1 fully saturated rings. The van der Waals surface area contributed by atoms with Gasteiger partial charge in [0.2, 0.25) is 15.9 Å². The number of carbonyl (C=O) groups excluding carboxylic acids is 1. The fourth-order valence-electron chi connectivity index (χ4n) is 3.34. The number of hydrogen-bond acceptors (Lipinski definition) is 3. The Kier molecular flexibility index (Phi) is 6.83. The Bertz CT molecular complexity index is 991. The largest absolute Gasteiger partial charge is 0.349 e. The molecule has 2 aromatic carbocycles. The van der Waals surface area contributed by atoms with E-state index in [4.69, 9.17) is 23.2 Å². The van der Waals surface area contributed by atoms with Crippen molar-refractivity contribution in [3.63, 3.8) is 0 Å². The summed E-state index contributed by atoms with van der Waals surface area (Å²) in [6.45, 7) is 2.26. The second kappa shape index (κ2) is 9.00. The zero-order valence-corrected chi connectivity index (χ0v) is 18.1. The van der Waals surface area contributed by atoms with Gasteiger partial charge in [0, 0.05) is 24.0 Å². The number of nitrogens with zero attached hydrogens (tertiary/aromatic N) is 1.